The average Bonchev–Trinajstić information content (AvgIpc) is 2.86. The van der Waals surface area contributed by atoms with Gasteiger partial charge in [0.05, 0.1) is 13.6 Å². The van der Waals surface area contributed by atoms with E-state index in [4.69, 9.17) is 0 Å². The van der Waals surface area contributed by atoms with Gasteiger partial charge in [-0.15, -0.1) is 0 Å². The third-order valence-electron chi connectivity index (χ3n) is 4.65. The van der Waals surface area contributed by atoms with Gasteiger partial charge in [-0.25, -0.2) is 9.13 Å². The predicted octanol–water partition coefficient (Wildman–Crippen LogP) is 6.62. The first-order chi connectivity index (χ1) is 12.3. The quantitative estimate of drug-likeness (QED) is 0.157. The lowest BCUT2D eigenvalue weighted by Gasteiger charge is -2.03. The van der Waals surface area contributed by atoms with Crippen LogP contribution in [0.1, 0.15) is 89.8 Å². The first-order valence-electron chi connectivity index (χ1n) is 10.1. The number of hydrogen-bond donors (Lipinski definition) is 0. The molecule has 7 heteroatoms. The van der Waals surface area contributed by atoms with Gasteiger partial charge >= 0.3 is 7.25 Å². The number of imidazole rings is 1. The maximum Gasteiger partial charge on any atom is 0.673 e. The summed E-state index contributed by atoms with van der Waals surface area (Å²) in [5, 5.41) is 0. The summed E-state index contributed by atoms with van der Waals surface area (Å²) < 4.78 is 43.6. The van der Waals surface area contributed by atoms with E-state index < -0.39 is 7.25 Å². The molecule has 0 amide bonds. The van der Waals surface area contributed by atoms with E-state index >= 15 is 0 Å². The zero-order valence-electron chi connectivity index (χ0n) is 16.8. The third-order valence-corrected chi connectivity index (χ3v) is 4.65. The van der Waals surface area contributed by atoms with Crippen LogP contribution in [0.2, 0.25) is 0 Å². The molecule has 26 heavy (non-hydrogen) atoms. The minimum absolute atomic E-state index is 1.18. The first-order valence-corrected chi connectivity index (χ1v) is 10.1. The van der Waals surface area contributed by atoms with Crippen LogP contribution in [-0.2, 0) is 13.6 Å². The summed E-state index contributed by atoms with van der Waals surface area (Å²) in [6.07, 6.45) is 21.5. The second-order valence-corrected chi connectivity index (χ2v) is 7.03. The molecule has 0 bridgehead atoms. The second-order valence-electron chi connectivity index (χ2n) is 7.03. The summed E-state index contributed by atoms with van der Waals surface area (Å²) >= 11 is 0. The topological polar surface area (TPSA) is 8.81 Å². The molecule has 1 rings (SSSR count). The van der Waals surface area contributed by atoms with Crippen molar-refractivity contribution in [2.24, 2.45) is 7.05 Å². The lowest BCUT2D eigenvalue weighted by Crippen LogP contribution is -2.29. The fraction of sp³-hybridized carbons (Fsp3) is 0.842. The van der Waals surface area contributed by atoms with Crippen molar-refractivity contribution in [3.05, 3.63) is 18.2 Å². The molecule has 154 valence electrons. The first kappa shape index (κ1) is 25.0. The van der Waals surface area contributed by atoms with Gasteiger partial charge in [-0.3, -0.25) is 0 Å². The van der Waals surface area contributed by atoms with Gasteiger partial charge in [0.25, 0.3) is 5.82 Å². The highest BCUT2D eigenvalue weighted by atomic mass is 19.5. The van der Waals surface area contributed by atoms with Crippen LogP contribution in [0.5, 0.6) is 0 Å². The summed E-state index contributed by atoms with van der Waals surface area (Å²) in [5.41, 5.74) is 0. The largest absolute Gasteiger partial charge is 0.673 e. The predicted molar refractivity (Wildman–Crippen MR) is 102 cm³/mol. The number of halogens is 4. The molecule has 0 aliphatic carbocycles. The molecular weight excluding hydrogens is 343 g/mol. The van der Waals surface area contributed by atoms with Gasteiger partial charge in [0.15, 0.2) is 0 Å². The Morgan fingerprint density at radius 3 is 1.54 bits per heavy atom. The van der Waals surface area contributed by atoms with Crippen LogP contribution in [0.3, 0.4) is 0 Å². The van der Waals surface area contributed by atoms with Crippen LogP contribution >= 0.6 is 0 Å². The Morgan fingerprint density at radius 1 is 0.808 bits per heavy atom. The van der Waals surface area contributed by atoms with Crippen LogP contribution in [0.4, 0.5) is 17.3 Å². The number of hydrogen-bond acceptors (Lipinski definition) is 0. The molecule has 0 saturated heterocycles. The lowest BCUT2D eigenvalue weighted by atomic mass is 10.1. The molecule has 0 radical (unpaired) electrons. The fourth-order valence-electron chi connectivity index (χ4n) is 2.96. The molecule has 0 atom stereocenters. The van der Waals surface area contributed by atoms with Crippen molar-refractivity contribution < 1.29 is 21.8 Å². The van der Waals surface area contributed by atoms with Crippen molar-refractivity contribution in [3.63, 3.8) is 0 Å². The van der Waals surface area contributed by atoms with E-state index in [1.54, 1.807) is 0 Å². The monoisotopic (exact) mass is 380 g/mol. The molecular formula is C19H37BF4N2. The van der Waals surface area contributed by atoms with Crippen molar-refractivity contribution in [1.82, 2.24) is 4.57 Å². The van der Waals surface area contributed by atoms with Crippen LogP contribution in [0.15, 0.2) is 12.4 Å². The minimum atomic E-state index is -6.00. The van der Waals surface area contributed by atoms with Gasteiger partial charge in [-0.1, -0.05) is 71.1 Å². The van der Waals surface area contributed by atoms with E-state index in [-0.39, 0.29) is 0 Å². The molecule has 0 spiro atoms. The van der Waals surface area contributed by atoms with Crippen molar-refractivity contribution in [1.29, 1.82) is 0 Å². The molecule has 1 aromatic rings. The van der Waals surface area contributed by atoms with E-state index in [1.807, 2.05) is 0 Å². The third kappa shape index (κ3) is 16.5. The van der Waals surface area contributed by atoms with E-state index in [2.05, 4.69) is 42.4 Å². The SMILES string of the molecule is CCCCCCCCCCCCCCn1cc[n+](C)c1C.F[B-](F)(F)F. The maximum absolute atomic E-state index is 9.75. The smallest absolute Gasteiger partial charge is 0.418 e. The maximum atomic E-state index is 9.75. The lowest BCUT2D eigenvalue weighted by molar-refractivity contribution is -0.677. The minimum Gasteiger partial charge on any atom is -0.418 e. The van der Waals surface area contributed by atoms with Gasteiger partial charge in [0.2, 0.25) is 0 Å². The van der Waals surface area contributed by atoms with Crippen LogP contribution in [-0.4, -0.2) is 11.8 Å². The number of aromatic nitrogens is 2. The highest BCUT2D eigenvalue weighted by Gasteiger charge is 2.20. The Kier molecular flexibility index (Phi) is 14.5. The Morgan fingerprint density at radius 2 is 1.19 bits per heavy atom. The van der Waals surface area contributed by atoms with Crippen LogP contribution in [0, 0.1) is 6.92 Å². The standard InChI is InChI=1S/C19H37N2.BF4/c1-4-5-6-7-8-9-10-11-12-13-14-15-16-21-18-17-20(3)19(21)2;2-1(3,4)5/h17-18H,4-16H2,1-3H3;/q+1;-1. The molecule has 0 saturated carbocycles. The highest BCUT2D eigenvalue weighted by Crippen LogP contribution is 2.12. The van der Waals surface area contributed by atoms with Gasteiger partial charge in [0.1, 0.15) is 12.4 Å². The molecule has 1 aromatic heterocycles. The number of unbranched alkanes of at least 4 members (excludes halogenated alkanes) is 11. The van der Waals surface area contributed by atoms with Gasteiger partial charge in [0, 0.05) is 6.92 Å². The number of nitrogens with zero attached hydrogens (tertiary/aromatic N) is 2. The fourth-order valence-corrected chi connectivity index (χ4v) is 2.96. The van der Waals surface area contributed by atoms with Crippen molar-refractivity contribution in [3.8, 4) is 0 Å². The molecule has 0 aliphatic rings. The van der Waals surface area contributed by atoms with Gasteiger partial charge < -0.3 is 17.3 Å². The normalized spacial score (nSPS) is 11.3. The molecule has 1 heterocycles. The molecule has 0 aromatic carbocycles. The summed E-state index contributed by atoms with van der Waals surface area (Å²) in [6, 6.07) is 0. The average molecular weight is 380 g/mol. The Bertz CT molecular complexity index is 441. The van der Waals surface area contributed by atoms with Gasteiger partial charge in [-0.2, -0.15) is 0 Å². The summed E-state index contributed by atoms with van der Waals surface area (Å²) in [5.74, 6) is 1.36. The molecule has 0 aliphatic heterocycles. The van der Waals surface area contributed by atoms with Gasteiger partial charge in [-0.05, 0) is 12.8 Å². The van der Waals surface area contributed by atoms with E-state index in [0.717, 1.165) is 0 Å². The van der Waals surface area contributed by atoms with Crippen molar-refractivity contribution in [2.45, 2.75) is 97.4 Å². The van der Waals surface area contributed by atoms with E-state index in [9.17, 15) is 17.3 Å². The summed E-state index contributed by atoms with van der Waals surface area (Å²) in [4.78, 5) is 0. The van der Waals surface area contributed by atoms with Crippen LogP contribution < -0.4 is 4.57 Å². The van der Waals surface area contributed by atoms with E-state index in [0.29, 0.717) is 0 Å². The zero-order chi connectivity index (χ0) is 19.8. The van der Waals surface area contributed by atoms with Crippen LogP contribution in [0.25, 0.3) is 0 Å². The van der Waals surface area contributed by atoms with E-state index in [1.165, 1.54) is 89.4 Å². The molecule has 0 N–H and O–H groups in total. The molecule has 0 unspecified atom stereocenters. The molecule has 2 nitrogen and oxygen atoms in total. The Balaban J connectivity index is 0.00000110. The highest BCUT2D eigenvalue weighted by molar-refractivity contribution is 6.50. The van der Waals surface area contributed by atoms with Crippen molar-refractivity contribution in [2.75, 3.05) is 0 Å². The Labute approximate surface area is 157 Å². The summed E-state index contributed by atoms with van der Waals surface area (Å²) in [6.45, 7) is 5.67. The second kappa shape index (κ2) is 15.1. The number of aryl methyl sites for hydroxylation is 2. The molecule has 0 fully saturated rings. The van der Waals surface area contributed by atoms with Crippen molar-refractivity contribution >= 4 is 7.25 Å². The zero-order valence-corrected chi connectivity index (χ0v) is 16.8. The Hall–Kier alpha value is -1.01. The number of rotatable bonds is 13. The summed E-state index contributed by atoms with van der Waals surface area (Å²) in [7, 11) is -3.88.